The molecule has 0 spiro atoms. The van der Waals surface area contributed by atoms with Gasteiger partial charge in [0.2, 0.25) is 0 Å². The fourth-order valence-electron chi connectivity index (χ4n) is 8.25. The zero-order chi connectivity index (χ0) is 29.1. The van der Waals surface area contributed by atoms with Crippen LogP contribution >= 0.6 is 24.8 Å². The molecule has 0 amide bonds. The summed E-state index contributed by atoms with van der Waals surface area (Å²) in [5.41, 5.74) is 17.1. The summed E-state index contributed by atoms with van der Waals surface area (Å²) >= 11 is -3.77. The number of halogens is 2. The van der Waals surface area contributed by atoms with Crippen molar-refractivity contribution in [3.8, 4) is 22.3 Å². The molecule has 0 N–H and O–H groups in total. The Kier molecular flexibility index (Phi) is 9.07. The first-order valence-electron chi connectivity index (χ1n) is 15.1. The molecule has 0 saturated carbocycles. The third-order valence-corrected chi connectivity index (χ3v) is 27.4. The molecule has 0 saturated heterocycles. The summed E-state index contributed by atoms with van der Waals surface area (Å²) in [7, 11) is 0. The van der Waals surface area contributed by atoms with Crippen molar-refractivity contribution in [1.82, 2.24) is 0 Å². The molecule has 7 rings (SSSR count). The summed E-state index contributed by atoms with van der Waals surface area (Å²) in [6.45, 7) is 7.18. The molecular weight excluding hydrogens is 671 g/mol. The van der Waals surface area contributed by atoms with E-state index in [0.717, 1.165) is 0 Å². The Morgan fingerprint density at radius 2 is 1.05 bits per heavy atom. The van der Waals surface area contributed by atoms with E-state index < -0.39 is 17.4 Å². The van der Waals surface area contributed by atoms with Gasteiger partial charge in [0.05, 0.1) is 0 Å². The summed E-state index contributed by atoms with van der Waals surface area (Å²) in [5.74, 6) is 0. The second-order valence-corrected chi connectivity index (χ2v) is 43.9. The molecule has 2 aliphatic carbocycles. The van der Waals surface area contributed by atoms with Crippen molar-refractivity contribution in [2.24, 2.45) is 0 Å². The molecular formula is C40H40Cl2SiZr. The molecule has 5 aromatic carbocycles. The van der Waals surface area contributed by atoms with Crippen molar-refractivity contribution < 1.29 is 17.4 Å². The topological polar surface area (TPSA) is 0 Å². The average molecular weight is 711 g/mol. The molecule has 44 heavy (non-hydrogen) atoms. The maximum Gasteiger partial charge on any atom is -0.147 e. The number of hydrogen-bond donors (Lipinski definition) is 0. The molecule has 0 heterocycles. The molecule has 0 aromatic heterocycles. The Hall–Kier alpha value is -2.74. The quantitative estimate of drug-likeness (QED) is 0.159. The van der Waals surface area contributed by atoms with Crippen molar-refractivity contribution in [3.05, 3.63) is 160 Å². The zero-order valence-corrected chi connectivity index (χ0v) is 31.4. The van der Waals surface area contributed by atoms with Crippen LogP contribution in [0.4, 0.5) is 0 Å². The third kappa shape index (κ3) is 5.29. The molecule has 2 atom stereocenters. The number of hydrogen-bond acceptors (Lipinski definition) is 0. The minimum atomic E-state index is -3.77. The van der Waals surface area contributed by atoms with E-state index in [0.29, 0.717) is 7.25 Å². The first kappa shape index (κ1) is 32.6. The second-order valence-electron chi connectivity index (χ2n) is 13.5. The van der Waals surface area contributed by atoms with E-state index in [-0.39, 0.29) is 24.8 Å². The predicted molar refractivity (Wildman–Crippen MR) is 197 cm³/mol. The fraction of sp³-hybridized carbons (Fsp3) is 0.150. The van der Waals surface area contributed by atoms with Crippen LogP contribution in [0.2, 0.25) is 9.26 Å². The molecule has 4 heteroatoms. The molecule has 2 aliphatic rings. The van der Waals surface area contributed by atoms with Gasteiger partial charge in [-0.1, -0.05) is 0 Å². The van der Waals surface area contributed by atoms with Crippen molar-refractivity contribution in [2.75, 3.05) is 0 Å². The monoisotopic (exact) mass is 708 g/mol. The fourth-order valence-corrected chi connectivity index (χ4v) is 28.2. The number of aryl methyl sites for hydroxylation is 1. The van der Waals surface area contributed by atoms with Crippen LogP contribution in [0.1, 0.15) is 47.6 Å². The van der Waals surface area contributed by atoms with Crippen molar-refractivity contribution >= 4 is 49.4 Å². The van der Waals surface area contributed by atoms with Gasteiger partial charge in [0, 0.05) is 0 Å². The smallest absolute Gasteiger partial charge is 0.147 e. The van der Waals surface area contributed by atoms with Gasteiger partial charge in [0.1, 0.15) is 0 Å². The van der Waals surface area contributed by atoms with Gasteiger partial charge >= 0.3 is 255 Å². The van der Waals surface area contributed by atoms with E-state index in [1.807, 2.05) is 0 Å². The van der Waals surface area contributed by atoms with Gasteiger partial charge in [-0.3, -0.25) is 0 Å². The summed E-state index contributed by atoms with van der Waals surface area (Å²) in [4.78, 5) is 0. The first-order chi connectivity index (χ1) is 20.2. The number of benzene rings is 5. The van der Waals surface area contributed by atoms with Gasteiger partial charge in [-0.25, -0.2) is 0 Å². The Morgan fingerprint density at radius 1 is 0.523 bits per heavy atom. The second kappa shape index (κ2) is 12.2. The van der Waals surface area contributed by atoms with E-state index in [9.17, 15) is 0 Å². The molecule has 5 aromatic rings. The van der Waals surface area contributed by atoms with Crippen LogP contribution in [-0.4, -0.2) is 6.88 Å². The summed E-state index contributed by atoms with van der Waals surface area (Å²) < 4.78 is 6.39. The Balaban J connectivity index is 0.00000192. The number of allylic oxidation sites excluding steroid dienone is 2. The van der Waals surface area contributed by atoms with Gasteiger partial charge in [0.25, 0.3) is 0 Å². The molecule has 222 valence electrons. The summed E-state index contributed by atoms with van der Waals surface area (Å²) in [5, 5.41) is 0. The van der Waals surface area contributed by atoms with E-state index in [4.69, 9.17) is 0 Å². The van der Waals surface area contributed by atoms with Crippen LogP contribution in [0.25, 0.3) is 40.0 Å². The van der Waals surface area contributed by atoms with Crippen LogP contribution < -0.4 is 0 Å². The Labute approximate surface area is 277 Å². The van der Waals surface area contributed by atoms with Gasteiger partial charge < -0.3 is 0 Å². The van der Waals surface area contributed by atoms with E-state index >= 15 is 0 Å². The van der Waals surface area contributed by atoms with Gasteiger partial charge in [0.15, 0.2) is 0 Å². The minimum Gasteiger partial charge on any atom is -0.147 e. The van der Waals surface area contributed by atoms with Crippen LogP contribution in [0.15, 0.2) is 127 Å². The van der Waals surface area contributed by atoms with Gasteiger partial charge in [-0.2, -0.15) is 0 Å². The molecule has 2 unspecified atom stereocenters. The number of fused-ring (bicyclic) bond motifs is 2. The van der Waals surface area contributed by atoms with Crippen molar-refractivity contribution in [2.45, 2.75) is 30.4 Å². The van der Waals surface area contributed by atoms with E-state index in [2.05, 4.69) is 163 Å². The third-order valence-electron chi connectivity index (χ3n) is 9.86. The Bertz CT molecular complexity index is 1970. The number of rotatable bonds is 5. The van der Waals surface area contributed by atoms with Crippen LogP contribution in [0, 0.1) is 6.92 Å². The zero-order valence-electron chi connectivity index (χ0n) is 25.9. The largest absolute Gasteiger partial charge is 0.147 e. The minimum absolute atomic E-state index is 0. The maximum atomic E-state index is 2.75. The molecule has 0 radical (unpaired) electrons. The molecule has 0 bridgehead atoms. The van der Waals surface area contributed by atoms with Crippen LogP contribution in [0.5, 0.6) is 0 Å². The first-order valence-corrected chi connectivity index (χ1v) is 28.8. The van der Waals surface area contributed by atoms with E-state index in [1.165, 1.54) is 55.6 Å². The van der Waals surface area contributed by atoms with Gasteiger partial charge in [-0.05, 0) is 0 Å². The van der Waals surface area contributed by atoms with E-state index in [1.54, 1.807) is 11.1 Å². The SMILES string of the molecule is CC1=Cc2c(-c3ccccc3)ccc(C)c2[CH]1[Zr]([CH3])([CH3])(=[SiH2])[CH]1C(c2ccccc2)=Cc2c(-c3ccccc3)cccc21.Cl.Cl. The molecule has 0 aliphatic heterocycles. The standard InChI is InChI=1S/C21H15.C17H15.2CH3.2ClH.H2Si.Zr/c1-3-8-16(9-4-1)19-14-18-12-7-13-20(21(18)15-19)17-10-5-2-6-11-17;1-12-10-16-13(2)8-9-15(17(16)11-12)14-6-4-3-5-7-14;;;;;;/h1-15H;3-11H,1-2H3;2*1H3;2*1H;1H2;. The van der Waals surface area contributed by atoms with Gasteiger partial charge in [-0.15, -0.1) is 24.8 Å². The van der Waals surface area contributed by atoms with Crippen molar-refractivity contribution in [3.63, 3.8) is 0 Å². The predicted octanol–water partition coefficient (Wildman–Crippen LogP) is 11.3. The van der Waals surface area contributed by atoms with Crippen LogP contribution in [0.3, 0.4) is 0 Å². The summed E-state index contributed by atoms with van der Waals surface area (Å²) in [6, 6.07) is 44.9. The molecule has 0 fully saturated rings. The normalized spacial score (nSPS) is 17.0. The molecule has 0 nitrogen and oxygen atoms in total. The maximum absolute atomic E-state index is 3.77. The Morgan fingerprint density at radius 3 is 1.61 bits per heavy atom. The summed E-state index contributed by atoms with van der Waals surface area (Å²) in [6.07, 6.45) is 5.08. The van der Waals surface area contributed by atoms with Crippen LogP contribution in [-0.2, 0) is 17.4 Å². The van der Waals surface area contributed by atoms with Crippen molar-refractivity contribution in [1.29, 1.82) is 0 Å². The average Bonchev–Trinajstić information content (AvgIpc) is 3.59.